The molecular formula is C9H12N4O2S. The maximum absolute atomic E-state index is 11.0. The normalized spacial score (nSPS) is 12.1. The molecule has 0 radical (unpaired) electrons. The predicted octanol–water partition coefficient (Wildman–Crippen LogP) is -0.101. The van der Waals surface area contributed by atoms with Gasteiger partial charge in [0.1, 0.15) is 15.7 Å². The summed E-state index contributed by atoms with van der Waals surface area (Å²) in [6.45, 7) is 0. The highest BCUT2D eigenvalue weighted by atomic mass is 32.2. The van der Waals surface area contributed by atoms with Crippen LogP contribution in [0.4, 0.5) is 5.69 Å². The summed E-state index contributed by atoms with van der Waals surface area (Å²) in [5.41, 5.74) is 6.89. The standard InChI is InChI=1S/C9H12N4O2S/c1-16(14,15)5-4-9-12-11-8-3-2-7(10)6-13(8)9/h2-3,6H,4-5,10H2,1H3. The molecule has 0 aromatic carbocycles. The fraction of sp³-hybridized carbons (Fsp3) is 0.333. The first-order valence-corrected chi connectivity index (χ1v) is 6.78. The van der Waals surface area contributed by atoms with Gasteiger partial charge in [-0.25, -0.2) is 8.42 Å². The van der Waals surface area contributed by atoms with Gasteiger partial charge in [0.15, 0.2) is 5.65 Å². The van der Waals surface area contributed by atoms with Crippen LogP contribution in [-0.2, 0) is 16.3 Å². The van der Waals surface area contributed by atoms with Crippen molar-refractivity contribution in [1.82, 2.24) is 14.6 Å². The summed E-state index contributed by atoms with van der Waals surface area (Å²) in [5, 5.41) is 7.86. The summed E-state index contributed by atoms with van der Waals surface area (Å²) in [6, 6.07) is 3.47. The van der Waals surface area contributed by atoms with E-state index >= 15 is 0 Å². The zero-order chi connectivity index (χ0) is 11.8. The molecule has 0 aliphatic heterocycles. The number of fused-ring (bicyclic) bond motifs is 1. The van der Waals surface area contributed by atoms with Crippen LogP contribution < -0.4 is 5.73 Å². The van der Waals surface area contributed by atoms with E-state index in [0.29, 0.717) is 23.6 Å². The predicted molar refractivity (Wildman–Crippen MR) is 60.8 cm³/mol. The topological polar surface area (TPSA) is 90.3 Å². The molecule has 2 heterocycles. The fourth-order valence-electron chi connectivity index (χ4n) is 1.40. The van der Waals surface area contributed by atoms with Crippen LogP contribution >= 0.6 is 0 Å². The van der Waals surface area contributed by atoms with Crippen molar-refractivity contribution in [3.8, 4) is 0 Å². The molecule has 0 unspecified atom stereocenters. The second-order valence-corrected chi connectivity index (χ2v) is 5.95. The van der Waals surface area contributed by atoms with Crippen molar-refractivity contribution in [2.75, 3.05) is 17.7 Å². The number of aryl methyl sites for hydroxylation is 1. The Morgan fingerprint density at radius 3 is 2.81 bits per heavy atom. The SMILES string of the molecule is CS(=O)(=O)CCc1nnc2ccc(N)cn12. The summed E-state index contributed by atoms with van der Waals surface area (Å²) in [4.78, 5) is 0. The smallest absolute Gasteiger partial charge is 0.160 e. The molecule has 86 valence electrons. The molecule has 0 amide bonds. The van der Waals surface area contributed by atoms with E-state index in [1.54, 1.807) is 22.7 Å². The molecule has 0 spiro atoms. The lowest BCUT2D eigenvalue weighted by molar-refractivity contribution is 0.600. The van der Waals surface area contributed by atoms with E-state index in [0.717, 1.165) is 0 Å². The van der Waals surface area contributed by atoms with Gasteiger partial charge >= 0.3 is 0 Å². The Bertz CT molecular complexity index is 617. The molecule has 6 nitrogen and oxygen atoms in total. The van der Waals surface area contributed by atoms with Crippen molar-refractivity contribution in [1.29, 1.82) is 0 Å². The third kappa shape index (κ3) is 2.30. The van der Waals surface area contributed by atoms with Gasteiger partial charge in [-0.05, 0) is 12.1 Å². The molecule has 7 heteroatoms. The molecule has 0 fully saturated rings. The number of nitrogens with two attached hydrogens (primary N) is 1. The molecule has 0 bridgehead atoms. The zero-order valence-electron chi connectivity index (χ0n) is 8.79. The van der Waals surface area contributed by atoms with Gasteiger partial charge in [-0.15, -0.1) is 10.2 Å². The Kier molecular flexibility index (Phi) is 2.55. The van der Waals surface area contributed by atoms with Crippen molar-refractivity contribution in [2.24, 2.45) is 0 Å². The zero-order valence-corrected chi connectivity index (χ0v) is 9.61. The number of rotatable bonds is 3. The summed E-state index contributed by atoms with van der Waals surface area (Å²) in [7, 11) is -2.99. The van der Waals surface area contributed by atoms with Crippen LogP contribution in [0, 0.1) is 0 Å². The van der Waals surface area contributed by atoms with Crippen LogP contribution in [0.3, 0.4) is 0 Å². The quantitative estimate of drug-likeness (QED) is 0.809. The van der Waals surface area contributed by atoms with Crippen molar-refractivity contribution < 1.29 is 8.42 Å². The van der Waals surface area contributed by atoms with Crippen LogP contribution in [-0.4, -0.2) is 35.0 Å². The van der Waals surface area contributed by atoms with Crippen molar-refractivity contribution in [2.45, 2.75) is 6.42 Å². The average molecular weight is 240 g/mol. The van der Waals surface area contributed by atoms with Gasteiger partial charge < -0.3 is 5.73 Å². The van der Waals surface area contributed by atoms with E-state index in [1.807, 2.05) is 0 Å². The number of sulfone groups is 1. The number of anilines is 1. The first-order chi connectivity index (χ1) is 7.46. The van der Waals surface area contributed by atoms with E-state index in [9.17, 15) is 8.42 Å². The minimum absolute atomic E-state index is 0.0581. The van der Waals surface area contributed by atoms with Gasteiger partial charge in [-0.2, -0.15) is 0 Å². The van der Waals surface area contributed by atoms with Crippen molar-refractivity contribution >= 4 is 21.2 Å². The molecule has 0 aliphatic rings. The Morgan fingerprint density at radius 2 is 2.12 bits per heavy atom. The molecule has 16 heavy (non-hydrogen) atoms. The minimum atomic E-state index is -2.99. The Balaban J connectivity index is 2.34. The summed E-state index contributed by atoms with van der Waals surface area (Å²) >= 11 is 0. The van der Waals surface area contributed by atoms with E-state index in [4.69, 9.17) is 5.73 Å². The molecular weight excluding hydrogens is 228 g/mol. The Hall–Kier alpha value is -1.63. The molecule has 2 aromatic rings. The highest BCUT2D eigenvalue weighted by molar-refractivity contribution is 7.90. The Morgan fingerprint density at radius 1 is 1.38 bits per heavy atom. The highest BCUT2D eigenvalue weighted by Crippen LogP contribution is 2.08. The number of nitrogen functional groups attached to an aromatic ring is 1. The number of pyridine rings is 1. The van der Waals surface area contributed by atoms with Gasteiger partial charge in [-0.1, -0.05) is 0 Å². The van der Waals surface area contributed by atoms with Crippen LogP contribution in [0.1, 0.15) is 5.82 Å². The van der Waals surface area contributed by atoms with Gasteiger partial charge in [0.2, 0.25) is 0 Å². The molecule has 2 N–H and O–H groups in total. The average Bonchev–Trinajstić information content (AvgIpc) is 2.56. The molecule has 2 rings (SSSR count). The minimum Gasteiger partial charge on any atom is -0.398 e. The van der Waals surface area contributed by atoms with Crippen LogP contribution in [0.25, 0.3) is 5.65 Å². The van der Waals surface area contributed by atoms with Gasteiger partial charge in [-0.3, -0.25) is 4.40 Å². The lowest BCUT2D eigenvalue weighted by atomic mass is 10.4. The first kappa shape index (κ1) is 10.9. The maximum Gasteiger partial charge on any atom is 0.160 e. The molecule has 0 saturated heterocycles. The van der Waals surface area contributed by atoms with Gasteiger partial charge in [0.25, 0.3) is 0 Å². The third-order valence-corrected chi connectivity index (χ3v) is 3.14. The van der Waals surface area contributed by atoms with Crippen LogP contribution in [0.2, 0.25) is 0 Å². The monoisotopic (exact) mass is 240 g/mol. The number of aromatic nitrogens is 3. The number of nitrogens with zero attached hydrogens (tertiary/aromatic N) is 3. The maximum atomic E-state index is 11.0. The van der Waals surface area contributed by atoms with E-state index in [-0.39, 0.29) is 5.75 Å². The lowest BCUT2D eigenvalue weighted by Crippen LogP contribution is -2.08. The molecule has 0 aliphatic carbocycles. The second-order valence-electron chi connectivity index (χ2n) is 3.69. The van der Waals surface area contributed by atoms with E-state index in [2.05, 4.69) is 10.2 Å². The van der Waals surface area contributed by atoms with Gasteiger partial charge in [0.05, 0.1) is 5.75 Å². The summed E-state index contributed by atoms with van der Waals surface area (Å²) in [5.74, 6) is 0.663. The molecule has 0 atom stereocenters. The molecule has 2 aromatic heterocycles. The lowest BCUT2D eigenvalue weighted by Gasteiger charge is -2.00. The number of hydrogen-bond donors (Lipinski definition) is 1. The third-order valence-electron chi connectivity index (χ3n) is 2.19. The Labute approximate surface area is 93.0 Å². The highest BCUT2D eigenvalue weighted by Gasteiger charge is 2.09. The molecule has 0 saturated carbocycles. The van der Waals surface area contributed by atoms with Crippen LogP contribution in [0.5, 0.6) is 0 Å². The largest absolute Gasteiger partial charge is 0.398 e. The summed E-state index contributed by atoms with van der Waals surface area (Å²) < 4.78 is 23.8. The second kappa shape index (κ2) is 3.75. The van der Waals surface area contributed by atoms with Gasteiger partial charge in [0, 0.05) is 24.6 Å². The van der Waals surface area contributed by atoms with Crippen LogP contribution in [0.15, 0.2) is 18.3 Å². The van der Waals surface area contributed by atoms with Crippen molar-refractivity contribution in [3.05, 3.63) is 24.2 Å². The summed E-state index contributed by atoms with van der Waals surface area (Å²) in [6.07, 6.45) is 3.22. The fourth-order valence-corrected chi connectivity index (χ4v) is 1.96. The van der Waals surface area contributed by atoms with E-state index < -0.39 is 9.84 Å². The first-order valence-electron chi connectivity index (χ1n) is 4.72. The number of hydrogen-bond acceptors (Lipinski definition) is 5. The van der Waals surface area contributed by atoms with E-state index in [1.165, 1.54) is 6.26 Å². The van der Waals surface area contributed by atoms with Crippen molar-refractivity contribution in [3.63, 3.8) is 0 Å².